The summed E-state index contributed by atoms with van der Waals surface area (Å²) in [7, 11) is 4.66. The SMILES string of the molecule is CC/C(C)=C\C1CC2C3C(CC4C(C)CC(C)C43)C2C1C(CC)N(C)C. The third kappa shape index (κ3) is 2.66. The molecule has 0 bridgehead atoms. The molecular formula is C25H43N. The highest BCUT2D eigenvalue weighted by molar-refractivity contribution is 5.19. The van der Waals surface area contributed by atoms with Gasteiger partial charge in [-0.2, -0.15) is 0 Å². The van der Waals surface area contributed by atoms with Gasteiger partial charge in [-0.25, -0.2) is 0 Å². The second kappa shape index (κ2) is 6.94. The average molecular weight is 358 g/mol. The van der Waals surface area contributed by atoms with E-state index in [4.69, 9.17) is 0 Å². The van der Waals surface area contributed by atoms with Crippen molar-refractivity contribution in [3.8, 4) is 0 Å². The van der Waals surface area contributed by atoms with E-state index in [2.05, 4.69) is 59.7 Å². The predicted molar refractivity (Wildman–Crippen MR) is 112 cm³/mol. The molecule has 0 aromatic carbocycles. The van der Waals surface area contributed by atoms with Crippen LogP contribution in [0, 0.1) is 59.2 Å². The first-order valence-corrected chi connectivity index (χ1v) is 11.7. The Morgan fingerprint density at radius 2 is 1.62 bits per heavy atom. The van der Waals surface area contributed by atoms with Crippen LogP contribution in [0.4, 0.5) is 0 Å². The maximum Gasteiger partial charge on any atom is 0.0123 e. The third-order valence-corrected chi connectivity index (χ3v) is 9.66. The van der Waals surface area contributed by atoms with Gasteiger partial charge in [0.15, 0.2) is 0 Å². The van der Waals surface area contributed by atoms with Crippen molar-refractivity contribution in [3.63, 3.8) is 0 Å². The summed E-state index contributed by atoms with van der Waals surface area (Å²) in [5, 5.41) is 0. The Kier molecular flexibility index (Phi) is 5.08. The van der Waals surface area contributed by atoms with Crippen molar-refractivity contribution in [3.05, 3.63) is 11.6 Å². The van der Waals surface area contributed by atoms with Gasteiger partial charge in [0.25, 0.3) is 0 Å². The van der Waals surface area contributed by atoms with Crippen molar-refractivity contribution < 1.29 is 0 Å². The molecule has 0 aromatic heterocycles. The summed E-state index contributed by atoms with van der Waals surface area (Å²) >= 11 is 0. The minimum absolute atomic E-state index is 0.771. The van der Waals surface area contributed by atoms with E-state index < -0.39 is 0 Å². The largest absolute Gasteiger partial charge is 0.306 e. The lowest BCUT2D eigenvalue weighted by atomic mass is 9.54. The normalized spacial score (nSPS) is 51.2. The van der Waals surface area contributed by atoms with Crippen molar-refractivity contribution in [2.24, 2.45) is 59.2 Å². The van der Waals surface area contributed by atoms with Gasteiger partial charge in [0.1, 0.15) is 0 Å². The minimum atomic E-state index is 0.771. The van der Waals surface area contributed by atoms with E-state index in [0.717, 1.165) is 65.2 Å². The zero-order chi connectivity index (χ0) is 18.7. The lowest BCUT2D eigenvalue weighted by Gasteiger charge is -2.52. The maximum absolute atomic E-state index is 2.71. The standard InChI is InChI=1S/C25H43N/c1-8-14(3)10-17-12-19-24-20(13-18-15(4)11-16(5)22(18)24)25(19)23(17)21(9-2)26(6)7/h10,15-25H,8-9,11-13H2,1-7H3/b14-10-. The van der Waals surface area contributed by atoms with Crippen LogP contribution < -0.4 is 0 Å². The number of rotatable bonds is 5. The zero-order valence-corrected chi connectivity index (χ0v) is 18.4. The summed E-state index contributed by atoms with van der Waals surface area (Å²) in [5.74, 6) is 10.1. The molecule has 11 unspecified atom stereocenters. The van der Waals surface area contributed by atoms with E-state index in [1.54, 1.807) is 12.0 Å². The van der Waals surface area contributed by atoms with Crippen molar-refractivity contribution >= 4 is 0 Å². The monoisotopic (exact) mass is 357 g/mol. The van der Waals surface area contributed by atoms with Gasteiger partial charge in [-0.15, -0.1) is 0 Å². The van der Waals surface area contributed by atoms with Crippen LogP contribution in [-0.2, 0) is 0 Å². The first-order chi connectivity index (χ1) is 12.4. The van der Waals surface area contributed by atoms with Crippen LogP contribution in [0.3, 0.4) is 0 Å². The molecule has 4 fully saturated rings. The van der Waals surface area contributed by atoms with Crippen LogP contribution in [-0.4, -0.2) is 25.0 Å². The fourth-order valence-electron chi connectivity index (χ4n) is 8.80. The fraction of sp³-hybridized carbons (Fsp3) is 0.920. The van der Waals surface area contributed by atoms with Gasteiger partial charge in [0, 0.05) is 6.04 Å². The molecule has 0 aromatic rings. The Morgan fingerprint density at radius 1 is 0.923 bits per heavy atom. The molecule has 0 radical (unpaired) electrons. The topological polar surface area (TPSA) is 3.24 Å². The van der Waals surface area contributed by atoms with Crippen molar-refractivity contribution in [2.45, 2.75) is 72.8 Å². The Balaban J connectivity index is 1.63. The summed E-state index contributed by atoms with van der Waals surface area (Å²) in [5.41, 5.74) is 1.63. The molecule has 4 aliphatic rings. The van der Waals surface area contributed by atoms with Crippen LogP contribution in [0.2, 0.25) is 0 Å². The van der Waals surface area contributed by atoms with Gasteiger partial charge in [-0.05, 0) is 112 Å². The molecule has 0 N–H and O–H groups in total. The second-order valence-electron chi connectivity index (χ2n) is 10.9. The molecule has 1 nitrogen and oxygen atoms in total. The van der Waals surface area contributed by atoms with E-state index in [1.165, 1.54) is 25.7 Å². The summed E-state index contributed by atoms with van der Waals surface area (Å²) in [6, 6.07) is 0.771. The molecule has 0 spiro atoms. The molecule has 0 saturated heterocycles. The molecule has 11 atom stereocenters. The smallest absolute Gasteiger partial charge is 0.0123 e. The highest BCUT2D eigenvalue weighted by Crippen LogP contribution is 2.73. The van der Waals surface area contributed by atoms with E-state index in [-0.39, 0.29) is 0 Å². The molecular weight excluding hydrogens is 314 g/mol. The zero-order valence-electron chi connectivity index (χ0n) is 18.4. The average Bonchev–Trinajstić information content (AvgIpc) is 3.16. The molecule has 0 aliphatic heterocycles. The second-order valence-corrected chi connectivity index (χ2v) is 10.9. The van der Waals surface area contributed by atoms with E-state index in [0.29, 0.717) is 0 Å². The van der Waals surface area contributed by atoms with E-state index >= 15 is 0 Å². The Morgan fingerprint density at radius 3 is 2.23 bits per heavy atom. The van der Waals surface area contributed by atoms with Gasteiger partial charge < -0.3 is 4.90 Å². The fourth-order valence-corrected chi connectivity index (χ4v) is 8.80. The molecule has 0 amide bonds. The predicted octanol–water partition coefficient (Wildman–Crippen LogP) is 6.11. The molecule has 148 valence electrons. The molecule has 1 heteroatoms. The van der Waals surface area contributed by atoms with E-state index in [1.807, 2.05) is 0 Å². The third-order valence-electron chi connectivity index (χ3n) is 9.66. The van der Waals surface area contributed by atoms with Gasteiger partial charge in [0.2, 0.25) is 0 Å². The van der Waals surface area contributed by atoms with Crippen LogP contribution in [0.25, 0.3) is 0 Å². The summed E-state index contributed by atoms with van der Waals surface area (Å²) in [6.07, 6.45) is 9.83. The van der Waals surface area contributed by atoms with Gasteiger partial charge >= 0.3 is 0 Å². The summed E-state index contributed by atoms with van der Waals surface area (Å²) < 4.78 is 0. The van der Waals surface area contributed by atoms with Crippen molar-refractivity contribution in [1.82, 2.24) is 4.90 Å². The summed E-state index contributed by atoms with van der Waals surface area (Å²) in [4.78, 5) is 2.56. The molecule has 26 heavy (non-hydrogen) atoms. The highest BCUT2D eigenvalue weighted by Gasteiger charge is 2.68. The lowest BCUT2D eigenvalue weighted by Crippen LogP contribution is -2.50. The van der Waals surface area contributed by atoms with Crippen LogP contribution >= 0.6 is 0 Å². The number of fused-ring (bicyclic) bond motifs is 6. The molecule has 4 aliphatic carbocycles. The first-order valence-electron chi connectivity index (χ1n) is 11.7. The molecule has 0 heterocycles. The maximum atomic E-state index is 2.71. The van der Waals surface area contributed by atoms with Gasteiger partial charge in [-0.1, -0.05) is 39.3 Å². The van der Waals surface area contributed by atoms with Crippen LogP contribution in [0.5, 0.6) is 0 Å². The molecule has 4 saturated carbocycles. The van der Waals surface area contributed by atoms with Crippen LogP contribution in [0.1, 0.15) is 66.7 Å². The Bertz CT molecular complexity index is 548. The van der Waals surface area contributed by atoms with Gasteiger partial charge in [0.05, 0.1) is 0 Å². The number of allylic oxidation sites excluding steroid dienone is 2. The Labute approximate surface area is 163 Å². The van der Waals surface area contributed by atoms with Crippen molar-refractivity contribution in [2.75, 3.05) is 14.1 Å². The van der Waals surface area contributed by atoms with Gasteiger partial charge in [-0.3, -0.25) is 0 Å². The number of hydrogen-bond acceptors (Lipinski definition) is 1. The van der Waals surface area contributed by atoms with E-state index in [9.17, 15) is 0 Å². The minimum Gasteiger partial charge on any atom is -0.306 e. The quantitative estimate of drug-likeness (QED) is 0.537. The van der Waals surface area contributed by atoms with Crippen LogP contribution in [0.15, 0.2) is 11.6 Å². The molecule has 4 rings (SSSR count). The first kappa shape index (κ1) is 19.0. The summed E-state index contributed by atoms with van der Waals surface area (Å²) in [6.45, 7) is 12.3. The number of nitrogens with zero attached hydrogens (tertiary/aromatic N) is 1. The number of hydrogen-bond donors (Lipinski definition) is 0. The lowest BCUT2D eigenvalue weighted by molar-refractivity contribution is -0.0463. The van der Waals surface area contributed by atoms with Crippen molar-refractivity contribution in [1.29, 1.82) is 0 Å². The highest BCUT2D eigenvalue weighted by atomic mass is 15.1. The Hall–Kier alpha value is -0.300.